The molecule has 0 N–H and O–H groups in total. The van der Waals surface area contributed by atoms with Crippen molar-refractivity contribution >= 4 is 0 Å². The molecule has 0 aliphatic carbocycles. The molecule has 1 aromatic heterocycles. The van der Waals surface area contributed by atoms with Gasteiger partial charge in [-0.05, 0) is 68.3 Å². The van der Waals surface area contributed by atoms with E-state index >= 15 is 0 Å². The van der Waals surface area contributed by atoms with Crippen molar-refractivity contribution in [2.45, 2.75) is 51.2 Å². The summed E-state index contributed by atoms with van der Waals surface area (Å²) in [7, 11) is 1.70. The third-order valence-corrected chi connectivity index (χ3v) is 5.79. The largest absolute Gasteiger partial charge is 0.497 e. The molecule has 0 unspecified atom stereocenters. The SMILES string of the molecule is COc1ccc([C@H](c2nnnn2C(C)(C)C)N2CCN3CCC[C@H]3C2)cc1. The molecule has 146 valence electrons. The second-order valence-electron chi connectivity index (χ2n) is 8.62. The molecule has 2 aliphatic rings. The number of aromatic nitrogens is 4. The second-order valence-corrected chi connectivity index (χ2v) is 8.62. The summed E-state index contributed by atoms with van der Waals surface area (Å²) in [6.45, 7) is 10.9. The van der Waals surface area contributed by atoms with E-state index in [1.807, 2.05) is 16.8 Å². The number of methoxy groups -OCH3 is 1. The molecule has 0 radical (unpaired) electrons. The van der Waals surface area contributed by atoms with Crippen molar-refractivity contribution in [1.82, 2.24) is 30.0 Å². The number of ether oxygens (including phenoxy) is 1. The third kappa shape index (κ3) is 3.58. The standard InChI is InChI=1S/C20H30N6O/c1-20(2,3)26-19(21-22-23-26)18(15-7-9-17(27-4)10-8-15)25-13-12-24-11-5-6-16(24)14-25/h7-10,16,18H,5-6,11-14H2,1-4H3/t16-,18+/m0/s1. The van der Waals surface area contributed by atoms with Crippen LogP contribution in [0.15, 0.2) is 24.3 Å². The van der Waals surface area contributed by atoms with Crippen molar-refractivity contribution in [3.05, 3.63) is 35.7 Å². The van der Waals surface area contributed by atoms with Gasteiger partial charge in [-0.25, -0.2) is 4.68 Å². The van der Waals surface area contributed by atoms with Crippen molar-refractivity contribution < 1.29 is 4.74 Å². The van der Waals surface area contributed by atoms with Gasteiger partial charge in [0.05, 0.1) is 18.7 Å². The summed E-state index contributed by atoms with van der Waals surface area (Å²) < 4.78 is 7.33. The van der Waals surface area contributed by atoms with Gasteiger partial charge in [0, 0.05) is 25.7 Å². The predicted octanol–water partition coefficient (Wildman–Crippen LogP) is 2.31. The molecule has 1 aromatic carbocycles. The first-order valence-electron chi connectivity index (χ1n) is 9.88. The summed E-state index contributed by atoms with van der Waals surface area (Å²) in [5, 5.41) is 12.8. The number of benzene rings is 1. The highest BCUT2D eigenvalue weighted by atomic mass is 16.5. The van der Waals surface area contributed by atoms with Crippen LogP contribution in [0, 0.1) is 0 Å². The van der Waals surface area contributed by atoms with Crippen LogP contribution in [0.1, 0.15) is 51.0 Å². The van der Waals surface area contributed by atoms with E-state index in [9.17, 15) is 0 Å². The van der Waals surface area contributed by atoms with E-state index in [-0.39, 0.29) is 11.6 Å². The number of piperazine rings is 1. The van der Waals surface area contributed by atoms with Gasteiger partial charge in [-0.3, -0.25) is 9.80 Å². The second kappa shape index (κ2) is 7.20. The molecular weight excluding hydrogens is 340 g/mol. The molecule has 2 saturated heterocycles. The lowest BCUT2D eigenvalue weighted by Gasteiger charge is -2.41. The van der Waals surface area contributed by atoms with Gasteiger partial charge >= 0.3 is 0 Å². The molecule has 0 bridgehead atoms. The monoisotopic (exact) mass is 370 g/mol. The molecule has 0 saturated carbocycles. The van der Waals surface area contributed by atoms with Gasteiger partial charge in [-0.2, -0.15) is 0 Å². The van der Waals surface area contributed by atoms with Gasteiger partial charge in [0.25, 0.3) is 0 Å². The quantitative estimate of drug-likeness (QED) is 0.823. The average Bonchev–Trinajstić information content (AvgIpc) is 3.31. The Bertz CT molecular complexity index is 766. The maximum Gasteiger partial charge on any atom is 0.173 e. The summed E-state index contributed by atoms with van der Waals surface area (Å²) >= 11 is 0. The summed E-state index contributed by atoms with van der Waals surface area (Å²) in [5.41, 5.74) is 1.04. The number of hydrogen-bond acceptors (Lipinski definition) is 6. The molecule has 7 nitrogen and oxygen atoms in total. The highest BCUT2D eigenvalue weighted by molar-refractivity contribution is 5.32. The zero-order valence-electron chi connectivity index (χ0n) is 16.8. The van der Waals surface area contributed by atoms with Gasteiger partial charge in [0.15, 0.2) is 5.82 Å². The molecule has 2 atom stereocenters. The molecule has 27 heavy (non-hydrogen) atoms. The van der Waals surface area contributed by atoms with Crippen molar-refractivity contribution in [2.75, 3.05) is 33.3 Å². The van der Waals surface area contributed by atoms with Crippen molar-refractivity contribution in [3.8, 4) is 5.75 Å². The maximum atomic E-state index is 5.35. The van der Waals surface area contributed by atoms with Gasteiger partial charge in [-0.1, -0.05) is 12.1 Å². The van der Waals surface area contributed by atoms with E-state index in [1.165, 1.54) is 24.9 Å². The Morgan fingerprint density at radius 2 is 1.89 bits per heavy atom. The minimum absolute atomic E-state index is 0.0490. The van der Waals surface area contributed by atoms with Crippen LogP contribution >= 0.6 is 0 Å². The van der Waals surface area contributed by atoms with Gasteiger partial charge < -0.3 is 4.74 Å². The van der Waals surface area contributed by atoms with Crippen LogP contribution in [0.25, 0.3) is 0 Å². The fourth-order valence-corrected chi connectivity index (χ4v) is 4.40. The minimum atomic E-state index is -0.168. The van der Waals surface area contributed by atoms with Crippen LogP contribution in [0.2, 0.25) is 0 Å². The summed E-state index contributed by atoms with van der Waals surface area (Å²) in [4.78, 5) is 5.19. The zero-order chi connectivity index (χ0) is 19.0. The Morgan fingerprint density at radius 1 is 1.11 bits per heavy atom. The molecule has 2 aromatic rings. The lowest BCUT2D eigenvalue weighted by molar-refractivity contribution is 0.0776. The van der Waals surface area contributed by atoms with Crippen LogP contribution in [-0.2, 0) is 5.54 Å². The van der Waals surface area contributed by atoms with Crippen LogP contribution in [-0.4, -0.2) is 69.3 Å². The summed E-state index contributed by atoms with van der Waals surface area (Å²) in [6.07, 6.45) is 2.60. The van der Waals surface area contributed by atoms with Crippen LogP contribution in [0.3, 0.4) is 0 Å². The normalized spacial score (nSPS) is 22.6. The van der Waals surface area contributed by atoms with Crippen molar-refractivity contribution in [2.24, 2.45) is 0 Å². The molecule has 7 heteroatoms. The molecule has 3 heterocycles. The van der Waals surface area contributed by atoms with E-state index < -0.39 is 0 Å². The Hall–Kier alpha value is -1.99. The highest BCUT2D eigenvalue weighted by Crippen LogP contribution is 2.34. The molecule has 2 fully saturated rings. The molecular formula is C20H30N6O. The molecule has 0 amide bonds. The number of hydrogen-bond donors (Lipinski definition) is 0. The highest BCUT2D eigenvalue weighted by Gasteiger charge is 2.37. The topological polar surface area (TPSA) is 59.3 Å². The molecule has 0 spiro atoms. The number of tetrazole rings is 1. The first-order chi connectivity index (χ1) is 13.0. The first-order valence-corrected chi connectivity index (χ1v) is 9.88. The number of fused-ring (bicyclic) bond motifs is 1. The number of rotatable bonds is 4. The van der Waals surface area contributed by atoms with Gasteiger partial charge in [-0.15, -0.1) is 5.10 Å². The summed E-state index contributed by atoms with van der Waals surface area (Å²) in [5.74, 6) is 1.78. The van der Waals surface area contributed by atoms with E-state index in [0.717, 1.165) is 31.2 Å². The van der Waals surface area contributed by atoms with Crippen LogP contribution < -0.4 is 4.74 Å². The average molecular weight is 371 g/mol. The lowest BCUT2D eigenvalue weighted by Crippen LogP contribution is -2.51. The minimum Gasteiger partial charge on any atom is -0.497 e. The van der Waals surface area contributed by atoms with Gasteiger partial charge in [0.2, 0.25) is 0 Å². The van der Waals surface area contributed by atoms with E-state index in [0.29, 0.717) is 6.04 Å². The van der Waals surface area contributed by atoms with Crippen molar-refractivity contribution in [1.29, 1.82) is 0 Å². The Balaban J connectivity index is 1.72. The predicted molar refractivity (Wildman–Crippen MR) is 104 cm³/mol. The molecule has 2 aliphatic heterocycles. The Labute approximate surface area is 161 Å². The lowest BCUT2D eigenvalue weighted by atomic mass is 10.00. The fraction of sp³-hybridized carbons (Fsp3) is 0.650. The van der Waals surface area contributed by atoms with Crippen LogP contribution in [0.5, 0.6) is 5.75 Å². The Morgan fingerprint density at radius 3 is 2.59 bits per heavy atom. The molecule has 4 rings (SSSR count). The Kier molecular flexibility index (Phi) is 4.90. The van der Waals surface area contributed by atoms with Crippen LogP contribution in [0.4, 0.5) is 0 Å². The van der Waals surface area contributed by atoms with Gasteiger partial charge in [0.1, 0.15) is 5.75 Å². The maximum absolute atomic E-state index is 5.35. The third-order valence-electron chi connectivity index (χ3n) is 5.79. The van der Waals surface area contributed by atoms with E-state index in [1.54, 1.807) is 7.11 Å². The first kappa shape index (κ1) is 18.4. The fourth-order valence-electron chi connectivity index (χ4n) is 4.40. The zero-order valence-corrected chi connectivity index (χ0v) is 16.8. The van der Waals surface area contributed by atoms with Crippen molar-refractivity contribution in [3.63, 3.8) is 0 Å². The number of nitrogens with zero attached hydrogens (tertiary/aromatic N) is 6. The van der Waals surface area contributed by atoms with E-state index in [2.05, 4.69) is 58.2 Å². The summed E-state index contributed by atoms with van der Waals surface area (Å²) in [6, 6.07) is 9.04. The smallest absolute Gasteiger partial charge is 0.173 e. The van der Waals surface area contributed by atoms with E-state index in [4.69, 9.17) is 4.74 Å².